The van der Waals surface area contributed by atoms with Crippen molar-refractivity contribution in [3.63, 3.8) is 0 Å². The number of epoxide rings is 1. The molecular formula is C33H49NO. The molecule has 3 aliphatic carbocycles. The van der Waals surface area contributed by atoms with E-state index in [0.29, 0.717) is 29.8 Å². The summed E-state index contributed by atoms with van der Waals surface area (Å²) in [5, 5.41) is 0. The second-order valence-corrected chi connectivity index (χ2v) is 12.3. The average molecular weight is 476 g/mol. The molecular weight excluding hydrogens is 426 g/mol. The van der Waals surface area contributed by atoms with Gasteiger partial charge >= 0.3 is 0 Å². The van der Waals surface area contributed by atoms with Gasteiger partial charge in [-0.3, -0.25) is 0 Å². The molecule has 0 amide bonds. The number of allylic oxidation sites excluding steroid dienone is 9. The third kappa shape index (κ3) is 5.63. The quantitative estimate of drug-likeness (QED) is 0.257. The molecule has 0 saturated carbocycles. The van der Waals surface area contributed by atoms with Gasteiger partial charge in [0.05, 0.1) is 12.7 Å². The van der Waals surface area contributed by atoms with Gasteiger partial charge in [-0.25, -0.2) is 0 Å². The Morgan fingerprint density at radius 2 is 1.26 bits per heavy atom. The van der Waals surface area contributed by atoms with E-state index < -0.39 is 0 Å². The first-order chi connectivity index (χ1) is 16.6. The Balaban J connectivity index is 1.87. The van der Waals surface area contributed by atoms with Crippen molar-refractivity contribution in [2.45, 2.75) is 105 Å². The SMILES string of the molecule is C=C(C)[C@@H]1CCC(C)=C(N(C2=C(C)CC[C@@H](C(=C)C)C2)C2=C(C)CC[C@@H](C(=C)C)C2CC2CO2)C1. The first-order valence-electron chi connectivity index (χ1n) is 14.0. The van der Waals surface area contributed by atoms with Crippen molar-refractivity contribution in [2.75, 3.05) is 6.61 Å². The lowest BCUT2D eigenvalue weighted by Crippen LogP contribution is -2.38. The van der Waals surface area contributed by atoms with Gasteiger partial charge in [-0.15, -0.1) is 0 Å². The van der Waals surface area contributed by atoms with Gasteiger partial charge in [0.1, 0.15) is 0 Å². The maximum Gasteiger partial charge on any atom is 0.0816 e. The molecule has 0 spiro atoms. The predicted molar refractivity (Wildman–Crippen MR) is 150 cm³/mol. The van der Waals surface area contributed by atoms with Gasteiger partial charge in [0.2, 0.25) is 0 Å². The van der Waals surface area contributed by atoms with Crippen molar-refractivity contribution < 1.29 is 4.74 Å². The van der Waals surface area contributed by atoms with Gasteiger partial charge in [-0.05, 0) is 117 Å². The van der Waals surface area contributed by atoms with E-state index in [1.807, 2.05) is 0 Å². The Bertz CT molecular complexity index is 937. The average Bonchev–Trinajstić information content (AvgIpc) is 3.61. The number of hydrogen-bond donors (Lipinski definition) is 0. The lowest BCUT2D eigenvalue weighted by atomic mass is 9.71. The van der Waals surface area contributed by atoms with Crippen LogP contribution in [-0.4, -0.2) is 17.6 Å². The smallest absolute Gasteiger partial charge is 0.0816 e. The van der Waals surface area contributed by atoms with Crippen LogP contribution in [0, 0.1) is 23.7 Å². The summed E-state index contributed by atoms with van der Waals surface area (Å²) in [6, 6.07) is 0. The van der Waals surface area contributed by atoms with Crippen molar-refractivity contribution in [2.24, 2.45) is 23.7 Å². The van der Waals surface area contributed by atoms with Crippen LogP contribution < -0.4 is 0 Å². The summed E-state index contributed by atoms with van der Waals surface area (Å²) in [7, 11) is 0. The van der Waals surface area contributed by atoms with Gasteiger partial charge in [0, 0.05) is 23.0 Å². The summed E-state index contributed by atoms with van der Waals surface area (Å²) in [4.78, 5) is 2.81. The fourth-order valence-electron chi connectivity index (χ4n) is 6.87. The van der Waals surface area contributed by atoms with Gasteiger partial charge in [0.25, 0.3) is 0 Å². The lowest BCUT2D eigenvalue weighted by molar-refractivity contribution is 0.248. The minimum Gasteiger partial charge on any atom is -0.373 e. The Morgan fingerprint density at radius 1 is 0.771 bits per heavy atom. The van der Waals surface area contributed by atoms with Crippen LogP contribution in [0.3, 0.4) is 0 Å². The van der Waals surface area contributed by atoms with Crippen LogP contribution in [0.5, 0.6) is 0 Å². The van der Waals surface area contributed by atoms with E-state index in [9.17, 15) is 0 Å². The highest BCUT2D eigenvalue weighted by Crippen LogP contribution is 2.50. The van der Waals surface area contributed by atoms with Crippen LogP contribution in [0.1, 0.15) is 99.3 Å². The van der Waals surface area contributed by atoms with E-state index in [-0.39, 0.29) is 0 Å². The van der Waals surface area contributed by atoms with Crippen LogP contribution >= 0.6 is 0 Å². The third-order valence-corrected chi connectivity index (χ3v) is 9.43. The number of rotatable bonds is 8. The van der Waals surface area contributed by atoms with E-state index in [4.69, 9.17) is 4.74 Å². The fourth-order valence-corrected chi connectivity index (χ4v) is 6.87. The Kier molecular flexibility index (Phi) is 8.01. The summed E-state index contributed by atoms with van der Waals surface area (Å²) >= 11 is 0. The molecule has 1 saturated heterocycles. The molecule has 1 heterocycles. The minimum atomic E-state index is 0.416. The predicted octanol–water partition coefficient (Wildman–Crippen LogP) is 9.25. The Hall–Kier alpha value is -1.80. The minimum absolute atomic E-state index is 0.416. The van der Waals surface area contributed by atoms with E-state index in [1.54, 1.807) is 33.8 Å². The van der Waals surface area contributed by atoms with E-state index in [1.165, 1.54) is 48.8 Å². The molecule has 0 aromatic rings. The molecule has 5 atom stereocenters. The molecule has 0 aromatic heterocycles. The standard InChI is InChI=1S/C33H49NO/c1-20(2)26-13-10-23(7)31(16-26)34(32-17-27(21(3)4)14-11-24(32)8)33-25(9)12-15-29(22(5)6)30(33)18-28-19-35-28/h26-30H,1,3,5,10-19H2,2,4,6-9H3/t26-,27-,28?,29+,30?/m1/s1. The highest BCUT2D eigenvalue weighted by atomic mass is 16.6. The summed E-state index contributed by atoms with van der Waals surface area (Å²) in [5.41, 5.74) is 13.4. The van der Waals surface area contributed by atoms with Crippen molar-refractivity contribution in [3.8, 4) is 0 Å². The molecule has 4 rings (SSSR count). The highest BCUT2D eigenvalue weighted by molar-refractivity contribution is 5.37. The van der Waals surface area contributed by atoms with Crippen molar-refractivity contribution in [3.05, 3.63) is 70.3 Å². The molecule has 35 heavy (non-hydrogen) atoms. The largest absolute Gasteiger partial charge is 0.373 e. The molecule has 2 unspecified atom stereocenters. The first-order valence-corrected chi connectivity index (χ1v) is 14.0. The zero-order valence-corrected chi connectivity index (χ0v) is 23.4. The molecule has 0 N–H and O–H groups in total. The summed E-state index contributed by atoms with van der Waals surface area (Å²) < 4.78 is 5.81. The molecule has 4 aliphatic rings. The van der Waals surface area contributed by atoms with E-state index >= 15 is 0 Å². The maximum absolute atomic E-state index is 5.81. The summed E-state index contributed by atoms with van der Waals surface area (Å²) in [6.07, 6.45) is 10.9. The van der Waals surface area contributed by atoms with Crippen molar-refractivity contribution in [1.82, 2.24) is 4.90 Å². The molecule has 0 radical (unpaired) electrons. The van der Waals surface area contributed by atoms with Crippen molar-refractivity contribution in [1.29, 1.82) is 0 Å². The zero-order chi connectivity index (χ0) is 25.4. The fraction of sp³-hybridized carbons (Fsp3) is 0.636. The first kappa shape index (κ1) is 26.3. The monoisotopic (exact) mass is 475 g/mol. The maximum atomic E-state index is 5.81. The lowest BCUT2D eigenvalue weighted by Gasteiger charge is -2.47. The molecule has 192 valence electrons. The molecule has 0 bridgehead atoms. The summed E-state index contributed by atoms with van der Waals surface area (Å²) in [6.45, 7) is 28.0. The van der Waals surface area contributed by atoms with Crippen LogP contribution in [0.2, 0.25) is 0 Å². The molecule has 0 aromatic carbocycles. The van der Waals surface area contributed by atoms with Crippen molar-refractivity contribution >= 4 is 0 Å². The van der Waals surface area contributed by atoms with Gasteiger partial charge in [0.15, 0.2) is 0 Å². The van der Waals surface area contributed by atoms with Gasteiger partial charge < -0.3 is 9.64 Å². The number of hydrogen-bond acceptors (Lipinski definition) is 2. The topological polar surface area (TPSA) is 15.8 Å². The van der Waals surface area contributed by atoms with Crippen LogP contribution in [0.4, 0.5) is 0 Å². The Morgan fingerprint density at radius 3 is 1.69 bits per heavy atom. The Labute approximate surface area is 215 Å². The van der Waals surface area contributed by atoms with Gasteiger partial charge in [-0.2, -0.15) is 0 Å². The molecule has 2 nitrogen and oxygen atoms in total. The second-order valence-electron chi connectivity index (χ2n) is 12.3. The van der Waals surface area contributed by atoms with Gasteiger partial charge in [-0.1, -0.05) is 53.2 Å². The van der Waals surface area contributed by atoms with E-state index in [2.05, 4.69) is 66.2 Å². The van der Waals surface area contributed by atoms with Crippen LogP contribution in [0.25, 0.3) is 0 Å². The van der Waals surface area contributed by atoms with Crippen LogP contribution in [0.15, 0.2) is 70.3 Å². The van der Waals surface area contributed by atoms with Crippen LogP contribution in [-0.2, 0) is 4.74 Å². The third-order valence-electron chi connectivity index (χ3n) is 9.43. The normalized spacial score (nSPS) is 31.5. The molecule has 2 heteroatoms. The second kappa shape index (κ2) is 10.7. The molecule has 1 fully saturated rings. The summed E-state index contributed by atoms with van der Waals surface area (Å²) in [5.74, 6) is 2.15. The number of ether oxygens (including phenoxy) is 1. The molecule has 1 aliphatic heterocycles. The number of nitrogens with zero attached hydrogens (tertiary/aromatic N) is 1. The zero-order valence-electron chi connectivity index (χ0n) is 23.4. The highest BCUT2D eigenvalue weighted by Gasteiger charge is 2.41. The van der Waals surface area contributed by atoms with E-state index in [0.717, 1.165) is 32.3 Å².